The van der Waals surface area contributed by atoms with E-state index in [0.717, 1.165) is 24.3 Å². The highest BCUT2D eigenvalue weighted by molar-refractivity contribution is 5.22. The van der Waals surface area contributed by atoms with E-state index in [4.69, 9.17) is 11.2 Å². The van der Waals surface area contributed by atoms with Crippen molar-refractivity contribution in [3.63, 3.8) is 0 Å². The van der Waals surface area contributed by atoms with E-state index in [1.54, 1.807) is 13.3 Å². The molecule has 0 atom stereocenters. The standard InChI is InChI=1S/C10H11NO/c1-3-4-5-9-8-10(12-2)6-7-11-9/h1,6-8H,4-5H2,2H3. The first-order valence-corrected chi connectivity index (χ1v) is 3.79. The van der Waals surface area contributed by atoms with Crippen molar-refractivity contribution in [1.29, 1.82) is 0 Å². The van der Waals surface area contributed by atoms with Crippen LogP contribution in [0.2, 0.25) is 0 Å². The zero-order valence-electron chi connectivity index (χ0n) is 7.08. The quantitative estimate of drug-likeness (QED) is 0.629. The summed E-state index contributed by atoms with van der Waals surface area (Å²) >= 11 is 0. The molecule has 0 saturated heterocycles. The van der Waals surface area contributed by atoms with Gasteiger partial charge in [0.2, 0.25) is 0 Å². The van der Waals surface area contributed by atoms with Crippen LogP contribution in [0.1, 0.15) is 12.1 Å². The van der Waals surface area contributed by atoms with Gasteiger partial charge in [-0.1, -0.05) is 0 Å². The lowest BCUT2D eigenvalue weighted by Crippen LogP contribution is -1.90. The molecule has 0 spiro atoms. The second kappa shape index (κ2) is 4.40. The van der Waals surface area contributed by atoms with Crippen molar-refractivity contribution in [3.8, 4) is 18.1 Å². The smallest absolute Gasteiger partial charge is 0.122 e. The van der Waals surface area contributed by atoms with Gasteiger partial charge in [0.05, 0.1) is 7.11 Å². The number of methoxy groups -OCH3 is 1. The molecule has 0 aromatic carbocycles. The fourth-order valence-corrected chi connectivity index (χ4v) is 0.920. The summed E-state index contributed by atoms with van der Waals surface area (Å²) < 4.78 is 5.04. The molecule has 2 heteroatoms. The summed E-state index contributed by atoms with van der Waals surface area (Å²) in [5.41, 5.74) is 0.979. The molecule has 0 saturated carbocycles. The van der Waals surface area contributed by atoms with Crippen LogP contribution in [0.3, 0.4) is 0 Å². The molecule has 12 heavy (non-hydrogen) atoms. The lowest BCUT2D eigenvalue weighted by molar-refractivity contribution is 0.413. The van der Waals surface area contributed by atoms with Gasteiger partial charge >= 0.3 is 0 Å². The first-order valence-electron chi connectivity index (χ1n) is 3.79. The van der Waals surface area contributed by atoms with Crippen molar-refractivity contribution in [1.82, 2.24) is 4.98 Å². The molecule has 0 bridgehead atoms. The topological polar surface area (TPSA) is 22.1 Å². The van der Waals surface area contributed by atoms with Gasteiger partial charge in [-0.2, -0.15) is 0 Å². The largest absolute Gasteiger partial charge is 0.497 e. The molecule has 1 aromatic heterocycles. The Balaban J connectivity index is 2.67. The highest BCUT2D eigenvalue weighted by Gasteiger charge is 1.95. The van der Waals surface area contributed by atoms with Crippen LogP contribution in [0.4, 0.5) is 0 Å². The van der Waals surface area contributed by atoms with Gasteiger partial charge in [-0.05, 0) is 6.07 Å². The molecule has 0 N–H and O–H groups in total. The van der Waals surface area contributed by atoms with Crippen molar-refractivity contribution >= 4 is 0 Å². The summed E-state index contributed by atoms with van der Waals surface area (Å²) in [6.07, 6.45) is 8.40. The minimum Gasteiger partial charge on any atom is -0.497 e. The molecule has 0 unspecified atom stereocenters. The fourth-order valence-electron chi connectivity index (χ4n) is 0.920. The Morgan fingerprint density at radius 3 is 3.17 bits per heavy atom. The van der Waals surface area contributed by atoms with Crippen LogP contribution in [0.15, 0.2) is 18.3 Å². The lowest BCUT2D eigenvalue weighted by Gasteiger charge is -2.00. The first kappa shape index (κ1) is 8.61. The average molecular weight is 161 g/mol. The summed E-state index contributed by atoms with van der Waals surface area (Å²) in [7, 11) is 1.64. The SMILES string of the molecule is C#CCCc1cc(OC)ccn1. The van der Waals surface area contributed by atoms with Crippen LogP contribution in [0.5, 0.6) is 5.75 Å². The number of hydrogen-bond acceptors (Lipinski definition) is 2. The second-order valence-corrected chi connectivity index (χ2v) is 2.39. The van der Waals surface area contributed by atoms with Crippen LogP contribution < -0.4 is 4.74 Å². The van der Waals surface area contributed by atoms with E-state index in [1.807, 2.05) is 12.1 Å². The summed E-state index contributed by atoms with van der Waals surface area (Å²) in [4.78, 5) is 4.15. The summed E-state index contributed by atoms with van der Waals surface area (Å²) in [6.45, 7) is 0. The number of hydrogen-bond donors (Lipinski definition) is 0. The number of aromatic nitrogens is 1. The van der Waals surface area contributed by atoms with Gasteiger partial charge in [-0.25, -0.2) is 0 Å². The number of aryl methyl sites for hydroxylation is 1. The van der Waals surface area contributed by atoms with E-state index in [2.05, 4.69) is 10.9 Å². The molecule has 0 aliphatic rings. The summed E-state index contributed by atoms with van der Waals surface area (Å²) in [5.74, 6) is 3.40. The Morgan fingerprint density at radius 2 is 2.50 bits per heavy atom. The molecule has 0 fully saturated rings. The zero-order valence-corrected chi connectivity index (χ0v) is 7.08. The minimum atomic E-state index is 0.722. The fraction of sp³-hybridized carbons (Fsp3) is 0.300. The number of nitrogens with zero attached hydrogens (tertiary/aromatic N) is 1. The Bertz CT molecular complexity index is 288. The molecule has 1 aromatic rings. The predicted octanol–water partition coefficient (Wildman–Crippen LogP) is 1.66. The molecule has 1 rings (SSSR count). The van der Waals surface area contributed by atoms with E-state index >= 15 is 0 Å². The Hall–Kier alpha value is -1.49. The summed E-state index contributed by atoms with van der Waals surface area (Å²) in [5, 5.41) is 0. The predicted molar refractivity (Wildman–Crippen MR) is 47.9 cm³/mol. The minimum absolute atomic E-state index is 0.722. The normalized spacial score (nSPS) is 9.00. The maximum atomic E-state index is 5.14. The number of pyridine rings is 1. The van der Waals surface area contributed by atoms with Crippen LogP contribution in [-0.4, -0.2) is 12.1 Å². The Labute approximate surface area is 72.6 Å². The maximum absolute atomic E-state index is 5.14. The third kappa shape index (κ3) is 2.28. The molecular formula is C10H11NO. The van der Waals surface area contributed by atoms with Crippen LogP contribution in [-0.2, 0) is 6.42 Å². The van der Waals surface area contributed by atoms with Crippen molar-refractivity contribution < 1.29 is 4.74 Å². The second-order valence-electron chi connectivity index (χ2n) is 2.39. The molecule has 62 valence electrons. The van der Waals surface area contributed by atoms with Crippen molar-refractivity contribution in [2.75, 3.05) is 7.11 Å². The zero-order chi connectivity index (χ0) is 8.81. The van der Waals surface area contributed by atoms with Gasteiger partial charge in [0.1, 0.15) is 5.75 Å². The number of ether oxygens (including phenoxy) is 1. The maximum Gasteiger partial charge on any atom is 0.122 e. The molecule has 0 aliphatic heterocycles. The molecule has 0 amide bonds. The first-order chi connectivity index (χ1) is 5.86. The van der Waals surface area contributed by atoms with E-state index in [-0.39, 0.29) is 0 Å². The third-order valence-corrected chi connectivity index (χ3v) is 1.55. The molecule has 0 aliphatic carbocycles. The van der Waals surface area contributed by atoms with Crippen LogP contribution in [0, 0.1) is 12.3 Å². The van der Waals surface area contributed by atoms with Gasteiger partial charge in [-0.3, -0.25) is 4.98 Å². The molecule has 2 nitrogen and oxygen atoms in total. The van der Waals surface area contributed by atoms with Crippen molar-refractivity contribution in [2.24, 2.45) is 0 Å². The van der Waals surface area contributed by atoms with Gasteiger partial charge in [0, 0.05) is 30.8 Å². The van der Waals surface area contributed by atoms with Crippen LogP contribution in [0.25, 0.3) is 0 Å². The van der Waals surface area contributed by atoms with Gasteiger partial charge in [-0.15, -0.1) is 12.3 Å². The molecule has 0 radical (unpaired) electrons. The van der Waals surface area contributed by atoms with Gasteiger partial charge in [0.25, 0.3) is 0 Å². The van der Waals surface area contributed by atoms with Crippen molar-refractivity contribution in [2.45, 2.75) is 12.8 Å². The van der Waals surface area contributed by atoms with E-state index < -0.39 is 0 Å². The average Bonchev–Trinajstić information content (AvgIpc) is 2.15. The molecule has 1 heterocycles. The van der Waals surface area contributed by atoms with Crippen LogP contribution >= 0.6 is 0 Å². The Morgan fingerprint density at radius 1 is 1.67 bits per heavy atom. The highest BCUT2D eigenvalue weighted by Crippen LogP contribution is 2.10. The number of terminal acetylenes is 1. The van der Waals surface area contributed by atoms with Crippen molar-refractivity contribution in [3.05, 3.63) is 24.0 Å². The van der Waals surface area contributed by atoms with E-state index in [9.17, 15) is 0 Å². The third-order valence-electron chi connectivity index (χ3n) is 1.55. The van der Waals surface area contributed by atoms with Gasteiger partial charge < -0.3 is 4.74 Å². The Kier molecular flexibility index (Phi) is 3.16. The highest BCUT2D eigenvalue weighted by atomic mass is 16.5. The summed E-state index contributed by atoms with van der Waals surface area (Å²) in [6, 6.07) is 3.72. The van der Waals surface area contributed by atoms with E-state index in [0.29, 0.717) is 0 Å². The molecular weight excluding hydrogens is 150 g/mol. The number of rotatable bonds is 3. The van der Waals surface area contributed by atoms with Gasteiger partial charge in [0.15, 0.2) is 0 Å². The monoisotopic (exact) mass is 161 g/mol. The lowest BCUT2D eigenvalue weighted by atomic mass is 10.2. The van der Waals surface area contributed by atoms with E-state index in [1.165, 1.54) is 0 Å².